The second-order valence-electron chi connectivity index (χ2n) is 5.19. The van der Waals surface area contributed by atoms with Crippen LogP contribution in [0.1, 0.15) is 18.1 Å². The predicted octanol–water partition coefficient (Wildman–Crippen LogP) is 3.77. The van der Waals surface area contributed by atoms with E-state index in [9.17, 15) is 9.18 Å². The molecule has 0 heterocycles. The third-order valence-electron chi connectivity index (χ3n) is 3.46. The summed E-state index contributed by atoms with van der Waals surface area (Å²) in [6.45, 7) is 5.22. The zero-order chi connectivity index (χ0) is 15.2. The van der Waals surface area contributed by atoms with E-state index in [1.54, 1.807) is 12.1 Å². The van der Waals surface area contributed by atoms with Gasteiger partial charge in [-0.25, -0.2) is 4.39 Å². The second-order valence-corrected chi connectivity index (χ2v) is 5.19. The summed E-state index contributed by atoms with van der Waals surface area (Å²) in [5, 5.41) is 0. The summed E-state index contributed by atoms with van der Waals surface area (Å²) in [6, 6.07) is 14.3. The summed E-state index contributed by atoms with van der Waals surface area (Å²) < 4.78 is 12.8. The summed E-state index contributed by atoms with van der Waals surface area (Å²) in [7, 11) is 0. The zero-order valence-corrected chi connectivity index (χ0v) is 12.5. The Balaban J connectivity index is 1.99. The van der Waals surface area contributed by atoms with E-state index in [-0.39, 0.29) is 11.6 Å². The molecule has 0 atom stereocenters. The van der Waals surface area contributed by atoms with Crippen LogP contribution in [0.3, 0.4) is 0 Å². The van der Waals surface area contributed by atoms with E-state index in [0.717, 1.165) is 17.8 Å². The molecule has 2 aromatic carbocycles. The molecular formula is C18H20FNO. The van der Waals surface area contributed by atoms with Crippen molar-refractivity contribution in [3.8, 4) is 0 Å². The van der Waals surface area contributed by atoms with Crippen molar-refractivity contribution in [3.05, 3.63) is 65.5 Å². The van der Waals surface area contributed by atoms with Crippen molar-refractivity contribution in [2.24, 2.45) is 0 Å². The first-order chi connectivity index (χ1) is 10.1. The summed E-state index contributed by atoms with van der Waals surface area (Å²) >= 11 is 0. The van der Waals surface area contributed by atoms with E-state index in [2.05, 4.69) is 0 Å². The van der Waals surface area contributed by atoms with Gasteiger partial charge in [-0.05, 0) is 43.7 Å². The zero-order valence-electron chi connectivity index (χ0n) is 12.5. The van der Waals surface area contributed by atoms with Gasteiger partial charge in [0, 0.05) is 18.7 Å². The molecule has 0 aliphatic rings. The van der Waals surface area contributed by atoms with Gasteiger partial charge in [-0.3, -0.25) is 4.79 Å². The molecule has 0 N–H and O–H groups in total. The second kappa shape index (κ2) is 7.02. The molecular weight excluding hydrogens is 265 g/mol. The molecule has 0 aliphatic heterocycles. The minimum Gasteiger partial charge on any atom is -0.364 e. The largest absolute Gasteiger partial charge is 0.364 e. The van der Waals surface area contributed by atoms with Gasteiger partial charge in [-0.15, -0.1) is 0 Å². The Bertz CT molecular complexity index is 590. The standard InChI is InChI=1S/C18H20FNO/c1-3-20(17-10-4-14(2)5-11-17)13-18(21)12-15-6-8-16(19)9-7-15/h4-11H,3,12-13H2,1-2H3. The van der Waals surface area contributed by atoms with Crippen LogP contribution in [0, 0.1) is 12.7 Å². The maximum Gasteiger partial charge on any atom is 0.156 e. The van der Waals surface area contributed by atoms with Crippen molar-refractivity contribution in [1.29, 1.82) is 0 Å². The fourth-order valence-corrected chi connectivity index (χ4v) is 2.24. The van der Waals surface area contributed by atoms with Gasteiger partial charge in [-0.1, -0.05) is 29.8 Å². The van der Waals surface area contributed by atoms with Crippen LogP contribution in [0.2, 0.25) is 0 Å². The lowest BCUT2D eigenvalue weighted by molar-refractivity contribution is -0.117. The predicted molar refractivity (Wildman–Crippen MR) is 84.2 cm³/mol. The number of aryl methyl sites for hydroxylation is 1. The van der Waals surface area contributed by atoms with Gasteiger partial charge in [0.1, 0.15) is 5.82 Å². The van der Waals surface area contributed by atoms with E-state index in [1.165, 1.54) is 17.7 Å². The maximum atomic E-state index is 12.8. The molecule has 0 saturated heterocycles. The Morgan fingerprint density at radius 3 is 2.24 bits per heavy atom. The number of rotatable bonds is 6. The topological polar surface area (TPSA) is 20.3 Å². The monoisotopic (exact) mass is 285 g/mol. The van der Waals surface area contributed by atoms with E-state index in [1.807, 2.05) is 43.0 Å². The molecule has 0 bridgehead atoms. The molecule has 2 nitrogen and oxygen atoms in total. The number of Topliss-reactive ketones (excluding diaryl/α,β-unsaturated/α-hetero) is 1. The molecule has 3 heteroatoms. The molecule has 0 amide bonds. The van der Waals surface area contributed by atoms with Crippen molar-refractivity contribution in [2.75, 3.05) is 18.0 Å². The van der Waals surface area contributed by atoms with Crippen LogP contribution >= 0.6 is 0 Å². The van der Waals surface area contributed by atoms with E-state index >= 15 is 0 Å². The Kier molecular flexibility index (Phi) is 5.09. The molecule has 2 aromatic rings. The summed E-state index contributed by atoms with van der Waals surface area (Å²) in [4.78, 5) is 14.2. The van der Waals surface area contributed by atoms with E-state index in [4.69, 9.17) is 0 Å². The number of hydrogen-bond acceptors (Lipinski definition) is 2. The minimum absolute atomic E-state index is 0.129. The van der Waals surface area contributed by atoms with Crippen LogP contribution < -0.4 is 4.90 Å². The number of carbonyl (C=O) groups excluding carboxylic acids is 1. The first-order valence-corrected chi connectivity index (χ1v) is 7.16. The number of halogens is 1. The highest BCUT2D eigenvalue weighted by Crippen LogP contribution is 2.15. The molecule has 0 radical (unpaired) electrons. The Morgan fingerprint density at radius 2 is 1.67 bits per heavy atom. The minimum atomic E-state index is -0.277. The summed E-state index contributed by atoms with van der Waals surface area (Å²) in [5.41, 5.74) is 3.10. The van der Waals surface area contributed by atoms with E-state index < -0.39 is 0 Å². The van der Waals surface area contributed by atoms with Crippen LogP contribution in [0.4, 0.5) is 10.1 Å². The van der Waals surface area contributed by atoms with Crippen LogP contribution in [-0.4, -0.2) is 18.9 Å². The molecule has 110 valence electrons. The average molecular weight is 285 g/mol. The lowest BCUT2D eigenvalue weighted by atomic mass is 10.1. The molecule has 0 aliphatic carbocycles. The molecule has 0 aromatic heterocycles. The van der Waals surface area contributed by atoms with Crippen LogP contribution in [0.25, 0.3) is 0 Å². The summed E-state index contributed by atoms with van der Waals surface area (Å²) in [5.74, 6) is -0.148. The van der Waals surface area contributed by atoms with E-state index in [0.29, 0.717) is 13.0 Å². The highest BCUT2D eigenvalue weighted by molar-refractivity contribution is 5.85. The van der Waals surface area contributed by atoms with Gasteiger partial charge >= 0.3 is 0 Å². The molecule has 0 saturated carbocycles. The highest BCUT2D eigenvalue weighted by atomic mass is 19.1. The Labute approximate surface area is 125 Å². The highest BCUT2D eigenvalue weighted by Gasteiger charge is 2.10. The maximum absolute atomic E-state index is 12.8. The quantitative estimate of drug-likeness (QED) is 0.805. The van der Waals surface area contributed by atoms with Gasteiger partial charge in [0.05, 0.1) is 6.54 Å². The Morgan fingerprint density at radius 1 is 1.05 bits per heavy atom. The third kappa shape index (κ3) is 4.42. The first-order valence-electron chi connectivity index (χ1n) is 7.16. The van der Waals surface area contributed by atoms with Gasteiger partial charge in [0.2, 0.25) is 0 Å². The fourth-order valence-electron chi connectivity index (χ4n) is 2.24. The molecule has 2 rings (SSSR count). The van der Waals surface area contributed by atoms with Crippen molar-refractivity contribution >= 4 is 11.5 Å². The number of ketones is 1. The molecule has 0 fully saturated rings. The van der Waals surface area contributed by atoms with Crippen molar-refractivity contribution < 1.29 is 9.18 Å². The number of nitrogens with zero attached hydrogens (tertiary/aromatic N) is 1. The van der Waals surface area contributed by atoms with Crippen molar-refractivity contribution in [2.45, 2.75) is 20.3 Å². The average Bonchev–Trinajstić information content (AvgIpc) is 2.48. The smallest absolute Gasteiger partial charge is 0.156 e. The lowest BCUT2D eigenvalue weighted by Gasteiger charge is -2.22. The molecule has 0 spiro atoms. The van der Waals surface area contributed by atoms with Crippen molar-refractivity contribution in [3.63, 3.8) is 0 Å². The number of likely N-dealkylation sites (N-methyl/N-ethyl adjacent to an activating group) is 1. The number of anilines is 1. The van der Waals surface area contributed by atoms with Gasteiger partial charge in [0.25, 0.3) is 0 Å². The van der Waals surface area contributed by atoms with Crippen LogP contribution in [0.15, 0.2) is 48.5 Å². The fraction of sp³-hybridized carbons (Fsp3) is 0.278. The van der Waals surface area contributed by atoms with Crippen molar-refractivity contribution in [1.82, 2.24) is 0 Å². The van der Waals surface area contributed by atoms with Gasteiger partial charge < -0.3 is 4.90 Å². The Hall–Kier alpha value is -2.16. The third-order valence-corrected chi connectivity index (χ3v) is 3.46. The number of hydrogen-bond donors (Lipinski definition) is 0. The van der Waals surface area contributed by atoms with Crippen LogP contribution in [-0.2, 0) is 11.2 Å². The van der Waals surface area contributed by atoms with Gasteiger partial charge in [0.15, 0.2) is 5.78 Å². The van der Waals surface area contributed by atoms with Gasteiger partial charge in [-0.2, -0.15) is 0 Å². The number of carbonyl (C=O) groups is 1. The normalized spacial score (nSPS) is 10.4. The SMILES string of the molecule is CCN(CC(=O)Cc1ccc(F)cc1)c1ccc(C)cc1. The van der Waals surface area contributed by atoms with Crippen LogP contribution in [0.5, 0.6) is 0 Å². The number of benzene rings is 2. The molecule has 21 heavy (non-hydrogen) atoms. The first kappa shape index (κ1) is 15.2. The molecule has 0 unspecified atom stereocenters. The summed E-state index contributed by atoms with van der Waals surface area (Å²) in [6.07, 6.45) is 0.336. The lowest BCUT2D eigenvalue weighted by Crippen LogP contribution is -2.30.